The molecule has 4 heteroatoms. The number of nitrogens with zero attached hydrogens (tertiary/aromatic N) is 1. The average molecular weight is 389 g/mol. The van der Waals surface area contributed by atoms with Crippen molar-refractivity contribution in [1.82, 2.24) is 5.43 Å². The molecule has 0 aliphatic heterocycles. The Morgan fingerprint density at radius 1 is 1.10 bits per heavy atom. The zero-order chi connectivity index (χ0) is 20.4. The summed E-state index contributed by atoms with van der Waals surface area (Å²) in [7, 11) is 0. The number of carbonyl (C=O) groups excluding carboxylic acids is 1. The molecule has 29 heavy (non-hydrogen) atoms. The Kier molecular flexibility index (Phi) is 5.27. The first-order chi connectivity index (χ1) is 13.9. The second-order valence-electron chi connectivity index (χ2n) is 8.94. The average Bonchev–Trinajstić information content (AvgIpc) is 3.07. The number of amides is 1. The van der Waals surface area contributed by atoms with Gasteiger partial charge in [-0.15, -0.1) is 0 Å². The molecule has 1 amide bonds. The highest BCUT2D eigenvalue weighted by Crippen LogP contribution is 2.40. The Bertz CT molecular complexity index is 934. The highest BCUT2D eigenvalue weighted by atomic mass is 16.5. The number of carbonyl (C=O) groups is 1. The van der Waals surface area contributed by atoms with Crippen molar-refractivity contribution in [2.75, 3.05) is 0 Å². The molecule has 0 bridgehead atoms. The molecule has 2 aliphatic carbocycles. The third-order valence-electron chi connectivity index (χ3n) is 5.81. The molecule has 1 N–H and O–H groups in total. The molecule has 0 aromatic heterocycles. The van der Waals surface area contributed by atoms with Gasteiger partial charge in [-0.3, -0.25) is 4.79 Å². The van der Waals surface area contributed by atoms with Crippen LogP contribution in [0, 0.1) is 11.8 Å². The zero-order valence-electron chi connectivity index (χ0n) is 17.3. The van der Waals surface area contributed by atoms with Crippen molar-refractivity contribution in [2.45, 2.75) is 45.6 Å². The topological polar surface area (TPSA) is 50.7 Å². The van der Waals surface area contributed by atoms with E-state index in [9.17, 15) is 4.79 Å². The molecule has 0 radical (unpaired) electrons. The second kappa shape index (κ2) is 7.86. The van der Waals surface area contributed by atoms with Gasteiger partial charge < -0.3 is 4.74 Å². The van der Waals surface area contributed by atoms with Crippen LogP contribution in [0.15, 0.2) is 65.8 Å². The molecular weight excluding hydrogens is 360 g/mol. The summed E-state index contributed by atoms with van der Waals surface area (Å²) in [4.78, 5) is 12.3. The van der Waals surface area contributed by atoms with Crippen LogP contribution in [0.5, 0.6) is 5.75 Å². The molecule has 0 spiro atoms. The van der Waals surface area contributed by atoms with E-state index in [-0.39, 0.29) is 11.3 Å². The third-order valence-corrected chi connectivity index (χ3v) is 5.81. The van der Waals surface area contributed by atoms with Gasteiger partial charge in [0.15, 0.2) is 0 Å². The molecule has 4 rings (SSSR count). The zero-order valence-corrected chi connectivity index (χ0v) is 17.3. The summed E-state index contributed by atoms with van der Waals surface area (Å²) in [6, 6.07) is 15.7. The minimum atomic E-state index is -0.169. The van der Waals surface area contributed by atoms with Gasteiger partial charge in [0.25, 0.3) is 5.91 Å². The summed E-state index contributed by atoms with van der Waals surface area (Å²) in [6.07, 6.45) is 6.48. The van der Waals surface area contributed by atoms with E-state index in [0.717, 1.165) is 29.9 Å². The maximum Gasteiger partial charge on any atom is 0.271 e. The first-order valence-electron chi connectivity index (χ1n) is 10.3. The van der Waals surface area contributed by atoms with Gasteiger partial charge in [-0.05, 0) is 59.6 Å². The molecule has 2 aromatic rings. The summed E-state index contributed by atoms with van der Waals surface area (Å²) >= 11 is 0. The molecule has 0 saturated heterocycles. The summed E-state index contributed by atoms with van der Waals surface area (Å²) in [6.45, 7) is 7.05. The molecular formula is C25H28N2O2. The summed E-state index contributed by atoms with van der Waals surface area (Å²) in [5.41, 5.74) is 6.85. The van der Waals surface area contributed by atoms with Gasteiger partial charge in [-0.2, -0.15) is 5.10 Å². The molecule has 4 nitrogen and oxygen atoms in total. The van der Waals surface area contributed by atoms with E-state index in [1.54, 1.807) is 0 Å². The lowest BCUT2D eigenvalue weighted by Gasteiger charge is -2.31. The molecule has 2 atom stereocenters. The molecule has 2 aromatic carbocycles. The smallest absolute Gasteiger partial charge is 0.271 e. The van der Waals surface area contributed by atoms with Crippen molar-refractivity contribution in [1.29, 1.82) is 0 Å². The summed E-state index contributed by atoms with van der Waals surface area (Å²) < 4.78 is 5.87. The van der Waals surface area contributed by atoms with Crippen LogP contribution in [-0.4, -0.2) is 11.6 Å². The van der Waals surface area contributed by atoms with Crippen LogP contribution < -0.4 is 10.2 Å². The number of hydrogen-bond donors (Lipinski definition) is 1. The van der Waals surface area contributed by atoms with Crippen molar-refractivity contribution in [2.24, 2.45) is 16.9 Å². The third kappa shape index (κ3) is 4.42. The van der Waals surface area contributed by atoms with E-state index < -0.39 is 0 Å². The minimum absolute atomic E-state index is 0.133. The number of allylic oxidation sites excluding steroid dienone is 2. The minimum Gasteiger partial charge on any atom is -0.489 e. The van der Waals surface area contributed by atoms with E-state index in [2.05, 4.69) is 55.6 Å². The van der Waals surface area contributed by atoms with Crippen molar-refractivity contribution in [3.8, 4) is 5.75 Å². The van der Waals surface area contributed by atoms with Crippen LogP contribution in [-0.2, 0) is 12.0 Å². The number of hydrazone groups is 1. The quantitative estimate of drug-likeness (QED) is 0.562. The van der Waals surface area contributed by atoms with Gasteiger partial charge in [0.05, 0.1) is 0 Å². The number of ether oxygens (including phenoxy) is 1. The van der Waals surface area contributed by atoms with Gasteiger partial charge in [0, 0.05) is 17.2 Å². The molecule has 1 saturated carbocycles. The number of hydrogen-bond acceptors (Lipinski definition) is 3. The van der Waals surface area contributed by atoms with Crippen molar-refractivity contribution < 1.29 is 9.53 Å². The normalized spacial score (nSPS) is 21.6. The van der Waals surface area contributed by atoms with Gasteiger partial charge in [-0.25, -0.2) is 5.43 Å². The Labute approximate surface area is 172 Å². The van der Waals surface area contributed by atoms with Gasteiger partial charge in [-0.1, -0.05) is 57.2 Å². The molecule has 2 aliphatic rings. The lowest BCUT2D eigenvalue weighted by Crippen LogP contribution is -2.35. The first-order valence-corrected chi connectivity index (χ1v) is 10.3. The van der Waals surface area contributed by atoms with E-state index in [1.807, 2.05) is 36.4 Å². The number of nitrogens with one attached hydrogen (secondary N) is 1. The number of rotatable bonds is 5. The lowest BCUT2D eigenvalue weighted by molar-refractivity contribution is 0.0954. The van der Waals surface area contributed by atoms with Crippen LogP contribution in [0.1, 0.15) is 55.1 Å². The van der Waals surface area contributed by atoms with E-state index in [1.165, 1.54) is 5.56 Å². The van der Waals surface area contributed by atoms with Crippen molar-refractivity contribution in [3.63, 3.8) is 0 Å². The van der Waals surface area contributed by atoms with Crippen LogP contribution in [0.4, 0.5) is 0 Å². The molecule has 150 valence electrons. The van der Waals surface area contributed by atoms with E-state index >= 15 is 0 Å². The Morgan fingerprint density at radius 2 is 1.83 bits per heavy atom. The highest BCUT2D eigenvalue weighted by Gasteiger charge is 2.38. The number of benzene rings is 2. The highest BCUT2D eigenvalue weighted by molar-refractivity contribution is 5.98. The predicted molar refractivity (Wildman–Crippen MR) is 116 cm³/mol. The van der Waals surface area contributed by atoms with Crippen LogP contribution in [0.3, 0.4) is 0 Å². The maximum atomic E-state index is 12.3. The van der Waals surface area contributed by atoms with Crippen molar-refractivity contribution >= 4 is 11.6 Å². The van der Waals surface area contributed by atoms with Crippen LogP contribution in [0.2, 0.25) is 0 Å². The standard InChI is InChI=1S/C25H28N2O2/c1-25(2,3)20-11-13-21(14-12-20)29-16-17-7-9-18(10-8-17)24(28)27-26-23-15-19-5-4-6-22(19)23/h4-5,7-14,19,22H,6,15-16H2,1-3H3,(H,27,28)/b26-23-/t19-,22+/m1/s1. The van der Waals surface area contributed by atoms with Crippen LogP contribution in [0.25, 0.3) is 0 Å². The number of fused-ring (bicyclic) bond motifs is 1. The second-order valence-corrected chi connectivity index (χ2v) is 8.94. The van der Waals surface area contributed by atoms with Gasteiger partial charge >= 0.3 is 0 Å². The van der Waals surface area contributed by atoms with Gasteiger partial charge in [0.2, 0.25) is 0 Å². The molecule has 0 heterocycles. The fourth-order valence-electron chi connectivity index (χ4n) is 3.82. The maximum absolute atomic E-state index is 12.3. The first kappa shape index (κ1) is 19.4. The largest absolute Gasteiger partial charge is 0.489 e. The summed E-state index contributed by atoms with van der Waals surface area (Å²) in [5, 5.41) is 4.32. The van der Waals surface area contributed by atoms with Crippen molar-refractivity contribution in [3.05, 3.63) is 77.4 Å². The fourth-order valence-corrected chi connectivity index (χ4v) is 3.82. The van der Waals surface area contributed by atoms with Gasteiger partial charge in [0.1, 0.15) is 12.4 Å². The Morgan fingerprint density at radius 3 is 2.48 bits per heavy atom. The monoisotopic (exact) mass is 388 g/mol. The lowest BCUT2D eigenvalue weighted by atomic mass is 9.74. The molecule has 1 fully saturated rings. The van der Waals surface area contributed by atoms with E-state index in [4.69, 9.17) is 4.74 Å². The molecule has 0 unspecified atom stereocenters. The summed E-state index contributed by atoms with van der Waals surface area (Å²) in [5.74, 6) is 1.81. The van der Waals surface area contributed by atoms with Crippen LogP contribution >= 0.6 is 0 Å². The Balaban J connectivity index is 1.28. The predicted octanol–water partition coefficient (Wildman–Crippen LogP) is 5.24. The fraction of sp³-hybridized carbons (Fsp3) is 0.360. The van der Waals surface area contributed by atoms with E-state index in [0.29, 0.717) is 24.0 Å². The Hall–Kier alpha value is -2.88. The SMILES string of the molecule is CC(C)(C)c1ccc(OCc2ccc(C(=O)N/N=C3/C[C@H]4C=CC[C@H]34)cc2)cc1.